The average Bonchev–Trinajstić information content (AvgIpc) is 3.54. The van der Waals surface area contributed by atoms with Crippen molar-refractivity contribution in [2.75, 3.05) is 31.6 Å². The van der Waals surface area contributed by atoms with Crippen LogP contribution in [0, 0.1) is 23.1 Å². The Morgan fingerprint density at radius 3 is 2.46 bits per heavy atom. The number of hydrogen-bond donors (Lipinski definition) is 1. The first-order valence-corrected chi connectivity index (χ1v) is 19.7. The van der Waals surface area contributed by atoms with Crippen LogP contribution >= 0.6 is 11.8 Å². The maximum atomic E-state index is 17.0. The molecule has 8 nitrogen and oxygen atoms in total. The number of halogens is 2. The van der Waals surface area contributed by atoms with E-state index in [-0.39, 0.29) is 29.1 Å². The molecule has 2 aromatic carbocycles. The first-order valence-electron chi connectivity index (χ1n) is 16.2. The standard InChI is InChI=1S/C36H43F2N5O3SSi/c1-20(2)48(21(3)4,22(5)6)15-13-25-28(37)12-11-23-16-24(46-19-45-7)17-26(30(23)25)32-31(38)33-27(18-40-36(42-33)47-8)35(41-32)43-14-9-10-29(43)34(39)44/h11-12,16-18,20-22,29H,9-10,14,19H2,1-8H3,(H2,39,44). The van der Waals surface area contributed by atoms with E-state index >= 15 is 8.78 Å². The third-order valence-corrected chi connectivity index (χ3v) is 16.4. The van der Waals surface area contributed by atoms with Crippen molar-refractivity contribution < 1.29 is 23.0 Å². The molecule has 0 radical (unpaired) electrons. The lowest BCUT2D eigenvalue weighted by atomic mass is 9.95. The van der Waals surface area contributed by atoms with Crippen LogP contribution < -0.4 is 15.4 Å². The van der Waals surface area contributed by atoms with Crippen LogP contribution in [0.4, 0.5) is 14.6 Å². The van der Waals surface area contributed by atoms with E-state index < -0.39 is 31.7 Å². The fraction of sp³-hybridized carbons (Fsp3) is 0.444. The van der Waals surface area contributed by atoms with Gasteiger partial charge in [-0.05, 0) is 59.3 Å². The number of thioether (sulfide) groups is 1. The molecule has 3 heterocycles. The Morgan fingerprint density at radius 2 is 1.83 bits per heavy atom. The van der Waals surface area contributed by atoms with Gasteiger partial charge in [-0.25, -0.2) is 23.7 Å². The molecular formula is C36H43F2N5O3SSi. The van der Waals surface area contributed by atoms with E-state index in [0.29, 0.717) is 68.9 Å². The number of rotatable bonds is 10. The maximum absolute atomic E-state index is 17.0. The normalized spacial score (nSPS) is 15.2. The van der Waals surface area contributed by atoms with Crippen molar-refractivity contribution in [1.82, 2.24) is 15.0 Å². The summed E-state index contributed by atoms with van der Waals surface area (Å²) in [5, 5.41) is 1.73. The second kappa shape index (κ2) is 14.4. The summed E-state index contributed by atoms with van der Waals surface area (Å²) in [6, 6.07) is 5.78. The van der Waals surface area contributed by atoms with Gasteiger partial charge in [-0.2, -0.15) is 0 Å². The highest BCUT2D eigenvalue weighted by atomic mass is 32.2. The van der Waals surface area contributed by atoms with E-state index in [2.05, 4.69) is 63.0 Å². The molecule has 12 heteroatoms. The van der Waals surface area contributed by atoms with Gasteiger partial charge in [0.15, 0.2) is 17.8 Å². The Balaban J connectivity index is 1.91. The minimum Gasteiger partial charge on any atom is -0.468 e. The fourth-order valence-electron chi connectivity index (χ4n) is 7.37. The van der Waals surface area contributed by atoms with Crippen LogP contribution in [0.2, 0.25) is 16.6 Å². The Labute approximate surface area is 286 Å². The molecule has 0 aliphatic carbocycles. The van der Waals surface area contributed by atoms with Gasteiger partial charge in [0.1, 0.15) is 42.7 Å². The molecule has 1 atom stereocenters. The molecule has 4 aromatic rings. The van der Waals surface area contributed by atoms with Crippen LogP contribution in [0.5, 0.6) is 5.75 Å². The van der Waals surface area contributed by atoms with Crippen LogP contribution in [-0.4, -0.2) is 61.7 Å². The van der Waals surface area contributed by atoms with Crippen molar-refractivity contribution in [2.24, 2.45) is 5.73 Å². The second-order valence-corrected chi connectivity index (χ2v) is 19.5. The highest BCUT2D eigenvalue weighted by Crippen LogP contribution is 2.43. The number of fused-ring (bicyclic) bond motifs is 2. The van der Waals surface area contributed by atoms with Gasteiger partial charge in [0.25, 0.3) is 0 Å². The minimum atomic E-state index is -2.28. The number of amides is 1. The number of nitrogens with zero attached hydrogens (tertiary/aromatic N) is 4. The fourth-order valence-corrected chi connectivity index (χ4v) is 12.9. The van der Waals surface area contributed by atoms with Gasteiger partial charge < -0.3 is 20.1 Å². The lowest BCUT2D eigenvalue weighted by molar-refractivity contribution is -0.119. The molecular weight excluding hydrogens is 649 g/mol. The van der Waals surface area contributed by atoms with E-state index in [0.717, 1.165) is 0 Å². The molecule has 2 N–H and O–H groups in total. The second-order valence-electron chi connectivity index (χ2n) is 13.2. The number of carbonyl (C=O) groups is 1. The van der Waals surface area contributed by atoms with Crippen LogP contribution in [0.15, 0.2) is 35.6 Å². The number of hydrogen-bond acceptors (Lipinski definition) is 8. The summed E-state index contributed by atoms with van der Waals surface area (Å²) in [4.78, 5) is 28.1. The van der Waals surface area contributed by atoms with Gasteiger partial charge >= 0.3 is 0 Å². The molecule has 1 unspecified atom stereocenters. The maximum Gasteiger partial charge on any atom is 0.240 e. The summed E-state index contributed by atoms with van der Waals surface area (Å²) < 4.78 is 44.1. The first kappa shape index (κ1) is 35.5. The molecule has 48 heavy (non-hydrogen) atoms. The van der Waals surface area contributed by atoms with E-state index in [1.165, 1.54) is 31.1 Å². The predicted molar refractivity (Wildman–Crippen MR) is 192 cm³/mol. The summed E-state index contributed by atoms with van der Waals surface area (Å²) in [5.41, 5.74) is 10.8. The Kier molecular flexibility index (Phi) is 10.6. The molecule has 0 spiro atoms. The summed E-state index contributed by atoms with van der Waals surface area (Å²) in [6.45, 7) is 13.6. The molecule has 2 aromatic heterocycles. The monoisotopic (exact) mass is 691 g/mol. The average molecular weight is 692 g/mol. The number of primary amides is 1. The van der Waals surface area contributed by atoms with Gasteiger partial charge in [0, 0.05) is 30.8 Å². The Bertz CT molecular complexity index is 1910. The largest absolute Gasteiger partial charge is 0.468 e. The zero-order chi connectivity index (χ0) is 34.9. The number of carbonyl (C=O) groups excluding carboxylic acids is 1. The van der Waals surface area contributed by atoms with E-state index in [1.54, 1.807) is 29.4 Å². The number of anilines is 1. The Hall–Kier alpha value is -3.79. The lowest BCUT2D eigenvalue weighted by Crippen LogP contribution is -2.43. The van der Waals surface area contributed by atoms with Gasteiger partial charge in [-0.1, -0.05) is 65.3 Å². The Morgan fingerprint density at radius 1 is 1.12 bits per heavy atom. The highest BCUT2D eigenvalue weighted by molar-refractivity contribution is 7.98. The first-order chi connectivity index (χ1) is 22.8. The van der Waals surface area contributed by atoms with E-state index in [9.17, 15) is 4.79 Å². The van der Waals surface area contributed by atoms with E-state index in [4.69, 9.17) is 20.2 Å². The van der Waals surface area contributed by atoms with Crippen LogP contribution in [0.3, 0.4) is 0 Å². The minimum absolute atomic E-state index is 0.0377. The SMILES string of the molecule is COCOc1cc(-c2nc(N3CCCC3C(N)=O)c3cnc(SC)nc3c2F)c2c(C#C[Si](C(C)C)(C(C)C)C(C)C)c(F)ccc2c1. The van der Waals surface area contributed by atoms with Crippen molar-refractivity contribution in [3.63, 3.8) is 0 Å². The van der Waals surface area contributed by atoms with Crippen LogP contribution in [-0.2, 0) is 9.53 Å². The number of methoxy groups -OCH3 is 1. The topological polar surface area (TPSA) is 103 Å². The third kappa shape index (κ3) is 6.35. The van der Waals surface area contributed by atoms with Crippen LogP contribution in [0.1, 0.15) is 59.9 Å². The highest BCUT2D eigenvalue weighted by Gasteiger charge is 2.42. The molecule has 254 valence electrons. The smallest absolute Gasteiger partial charge is 0.240 e. The molecule has 1 aliphatic rings. The summed E-state index contributed by atoms with van der Waals surface area (Å²) >= 11 is 1.28. The quantitative estimate of drug-likeness (QED) is 0.0590. The number of benzene rings is 2. The zero-order valence-electron chi connectivity index (χ0n) is 28.8. The molecule has 1 saturated heterocycles. The van der Waals surface area contributed by atoms with Crippen molar-refractivity contribution in [3.8, 4) is 28.5 Å². The molecule has 5 rings (SSSR count). The van der Waals surface area contributed by atoms with Crippen molar-refractivity contribution in [2.45, 2.75) is 82.2 Å². The molecule has 0 bridgehead atoms. The molecule has 1 amide bonds. The summed E-state index contributed by atoms with van der Waals surface area (Å²) in [5.74, 6) is 2.30. The number of ether oxygens (including phenoxy) is 2. The summed E-state index contributed by atoms with van der Waals surface area (Å²) in [6.07, 6.45) is 4.57. The predicted octanol–water partition coefficient (Wildman–Crippen LogP) is 7.85. The van der Waals surface area contributed by atoms with Gasteiger partial charge in [0.05, 0.1) is 10.9 Å². The number of pyridine rings is 1. The van der Waals surface area contributed by atoms with Crippen molar-refractivity contribution in [3.05, 3.63) is 47.7 Å². The van der Waals surface area contributed by atoms with Gasteiger partial charge in [0.2, 0.25) is 5.91 Å². The van der Waals surface area contributed by atoms with Crippen LogP contribution in [0.25, 0.3) is 32.9 Å². The lowest BCUT2D eigenvalue weighted by Gasteiger charge is -2.38. The molecule has 1 fully saturated rings. The van der Waals surface area contributed by atoms with E-state index in [1.807, 2.05) is 0 Å². The summed E-state index contributed by atoms with van der Waals surface area (Å²) in [7, 11) is -0.773. The van der Waals surface area contributed by atoms with Gasteiger partial charge in [-0.3, -0.25) is 4.79 Å². The van der Waals surface area contributed by atoms with Gasteiger partial charge in [-0.15, -0.1) is 5.54 Å². The zero-order valence-corrected chi connectivity index (χ0v) is 30.6. The third-order valence-electron chi connectivity index (χ3n) is 9.59. The number of nitrogens with two attached hydrogens (primary N) is 1. The molecule has 0 saturated carbocycles. The van der Waals surface area contributed by atoms with Crippen molar-refractivity contribution in [1.29, 1.82) is 0 Å². The molecule has 1 aliphatic heterocycles. The van der Waals surface area contributed by atoms with Crippen molar-refractivity contribution >= 4 is 53.2 Å². The number of aromatic nitrogens is 3.